The highest BCUT2D eigenvalue weighted by Gasteiger charge is 2.34. The van der Waals surface area contributed by atoms with Crippen LogP contribution < -0.4 is 9.62 Å². The molecule has 0 aliphatic carbocycles. The van der Waals surface area contributed by atoms with Crippen molar-refractivity contribution in [3.05, 3.63) is 93.4 Å². The fourth-order valence-electron chi connectivity index (χ4n) is 3.99. The van der Waals surface area contributed by atoms with Crippen LogP contribution in [0.1, 0.15) is 32.8 Å². The summed E-state index contributed by atoms with van der Waals surface area (Å²) < 4.78 is 28.5. The van der Waals surface area contributed by atoms with Gasteiger partial charge < -0.3 is 10.2 Å². The minimum absolute atomic E-state index is 0.0182. The topological polar surface area (TPSA) is 86.8 Å². The number of nitrogens with one attached hydrogen (secondary N) is 1. The van der Waals surface area contributed by atoms with Crippen molar-refractivity contribution >= 4 is 62.3 Å². The van der Waals surface area contributed by atoms with Crippen LogP contribution in [-0.2, 0) is 26.2 Å². The molecule has 39 heavy (non-hydrogen) atoms. The first kappa shape index (κ1) is 30.8. The SMILES string of the molecule is CC[C@H](C(=O)NC(C)C)N(Cc1ccc(Cl)cc1Cl)C(=O)CN(c1ccc(Cl)cc1)S(=O)(=O)c1ccccc1. The molecule has 0 saturated heterocycles. The van der Waals surface area contributed by atoms with Crippen LogP contribution in [0, 0.1) is 0 Å². The number of benzene rings is 3. The first-order chi connectivity index (χ1) is 18.4. The summed E-state index contributed by atoms with van der Waals surface area (Å²) in [4.78, 5) is 28.5. The van der Waals surface area contributed by atoms with Gasteiger partial charge in [0.05, 0.1) is 10.6 Å². The largest absolute Gasteiger partial charge is 0.352 e. The van der Waals surface area contributed by atoms with Gasteiger partial charge in [-0.15, -0.1) is 0 Å². The average Bonchev–Trinajstić information content (AvgIpc) is 2.89. The van der Waals surface area contributed by atoms with E-state index in [1.807, 2.05) is 13.8 Å². The molecule has 3 rings (SSSR count). The Bertz CT molecular complexity index is 1400. The Kier molecular flexibility index (Phi) is 10.7. The van der Waals surface area contributed by atoms with Gasteiger partial charge in [0.15, 0.2) is 0 Å². The van der Waals surface area contributed by atoms with E-state index in [2.05, 4.69) is 5.32 Å². The monoisotopic (exact) mass is 609 g/mol. The molecule has 0 radical (unpaired) electrons. The van der Waals surface area contributed by atoms with Crippen LogP contribution >= 0.6 is 34.8 Å². The Morgan fingerprint density at radius 2 is 1.51 bits per heavy atom. The molecule has 0 unspecified atom stereocenters. The molecule has 0 spiro atoms. The molecule has 2 amide bonds. The lowest BCUT2D eigenvalue weighted by Gasteiger charge is -2.33. The van der Waals surface area contributed by atoms with Crippen LogP contribution in [0.25, 0.3) is 0 Å². The number of hydrogen-bond donors (Lipinski definition) is 1. The van der Waals surface area contributed by atoms with E-state index in [4.69, 9.17) is 34.8 Å². The van der Waals surface area contributed by atoms with Gasteiger partial charge >= 0.3 is 0 Å². The number of anilines is 1. The maximum absolute atomic E-state index is 14.0. The van der Waals surface area contributed by atoms with Gasteiger partial charge in [-0.25, -0.2) is 8.42 Å². The van der Waals surface area contributed by atoms with Crippen molar-refractivity contribution in [2.24, 2.45) is 0 Å². The number of nitrogens with zero attached hydrogens (tertiary/aromatic N) is 2. The second kappa shape index (κ2) is 13.5. The van der Waals surface area contributed by atoms with Gasteiger partial charge in [-0.3, -0.25) is 13.9 Å². The normalized spacial score (nSPS) is 12.2. The van der Waals surface area contributed by atoms with E-state index in [0.717, 1.165) is 4.31 Å². The van der Waals surface area contributed by atoms with E-state index < -0.39 is 28.5 Å². The third kappa shape index (κ3) is 7.88. The molecule has 0 aromatic heterocycles. The Balaban J connectivity index is 2.07. The van der Waals surface area contributed by atoms with Gasteiger partial charge in [0.1, 0.15) is 12.6 Å². The predicted molar refractivity (Wildman–Crippen MR) is 157 cm³/mol. The molecule has 7 nitrogen and oxygen atoms in total. The van der Waals surface area contributed by atoms with Crippen molar-refractivity contribution in [3.63, 3.8) is 0 Å². The first-order valence-corrected chi connectivity index (χ1v) is 14.9. The molecule has 1 N–H and O–H groups in total. The van der Waals surface area contributed by atoms with Crippen molar-refractivity contribution in [3.8, 4) is 0 Å². The summed E-state index contributed by atoms with van der Waals surface area (Å²) >= 11 is 18.5. The molecule has 0 aliphatic rings. The highest BCUT2D eigenvalue weighted by Crippen LogP contribution is 2.27. The van der Waals surface area contributed by atoms with Crippen LogP contribution in [-0.4, -0.2) is 43.8 Å². The molecular weight excluding hydrogens is 581 g/mol. The number of carbonyl (C=O) groups is 2. The minimum atomic E-state index is -4.16. The van der Waals surface area contributed by atoms with Crippen LogP contribution in [0.2, 0.25) is 15.1 Å². The van der Waals surface area contributed by atoms with E-state index in [0.29, 0.717) is 27.1 Å². The van der Waals surface area contributed by atoms with Crippen molar-refractivity contribution < 1.29 is 18.0 Å². The number of halogens is 3. The summed E-state index contributed by atoms with van der Waals surface area (Å²) in [5.74, 6) is -0.934. The summed E-state index contributed by atoms with van der Waals surface area (Å²) in [6, 6.07) is 17.8. The molecule has 3 aromatic rings. The molecule has 0 saturated carbocycles. The fraction of sp³-hybridized carbons (Fsp3) is 0.286. The lowest BCUT2D eigenvalue weighted by Crippen LogP contribution is -2.53. The van der Waals surface area contributed by atoms with Crippen LogP contribution in [0.5, 0.6) is 0 Å². The maximum Gasteiger partial charge on any atom is 0.264 e. The standard InChI is InChI=1S/C28H30Cl3N3O4S/c1-4-26(28(36)32-19(2)3)33(17-20-10-11-22(30)16-25(20)31)27(35)18-34(23-14-12-21(29)13-15-23)39(37,38)24-8-6-5-7-9-24/h5-16,19,26H,4,17-18H2,1-3H3,(H,32,36)/t26-/m1/s1. The molecule has 0 heterocycles. The third-order valence-corrected chi connectivity index (χ3v) is 8.52. The molecule has 3 aromatic carbocycles. The number of amides is 2. The summed E-state index contributed by atoms with van der Waals surface area (Å²) in [5.41, 5.74) is 0.815. The van der Waals surface area contributed by atoms with Crippen molar-refractivity contribution in [1.29, 1.82) is 0 Å². The second-order valence-corrected chi connectivity index (χ2v) is 12.3. The van der Waals surface area contributed by atoms with Crippen LogP contribution in [0.4, 0.5) is 5.69 Å². The van der Waals surface area contributed by atoms with E-state index in [9.17, 15) is 18.0 Å². The molecule has 0 fully saturated rings. The summed E-state index contributed by atoms with van der Waals surface area (Å²) in [5, 5.41) is 4.02. The predicted octanol–water partition coefficient (Wildman–Crippen LogP) is 6.17. The Morgan fingerprint density at radius 1 is 0.897 bits per heavy atom. The van der Waals surface area contributed by atoms with E-state index in [1.54, 1.807) is 55.5 Å². The fourth-order valence-corrected chi connectivity index (χ4v) is 6.02. The quantitative estimate of drug-likeness (QED) is 0.281. The minimum Gasteiger partial charge on any atom is -0.352 e. The zero-order valence-corrected chi connectivity index (χ0v) is 24.9. The third-order valence-electron chi connectivity index (χ3n) is 5.90. The molecule has 1 atom stereocenters. The lowest BCUT2D eigenvalue weighted by molar-refractivity contribution is -0.140. The van der Waals surface area contributed by atoms with Gasteiger partial charge in [0, 0.05) is 27.7 Å². The van der Waals surface area contributed by atoms with Gasteiger partial charge in [-0.05, 0) is 74.4 Å². The van der Waals surface area contributed by atoms with E-state index in [1.165, 1.54) is 29.2 Å². The Hall–Kier alpha value is -2.78. The molecule has 0 bridgehead atoms. The Morgan fingerprint density at radius 3 is 2.08 bits per heavy atom. The van der Waals surface area contributed by atoms with Crippen LogP contribution in [0.15, 0.2) is 77.7 Å². The van der Waals surface area contributed by atoms with Crippen molar-refractivity contribution in [2.45, 2.75) is 50.7 Å². The molecule has 208 valence electrons. The molecular formula is C28H30Cl3N3O4S. The number of hydrogen-bond acceptors (Lipinski definition) is 4. The maximum atomic E-state index is 14.0. The van der Waals surface area contributed by atoms with E-state index >= 15 is 0 Å². The van der Waals surface area contributed by atoms with Gasteiger partial charge in [-0.2, -0.15) is 0 Å². The smallest absolute Gasteiger partial charge is 0.264 e. The summed E-state index contributed by atoms with van der Waals surface area (Å²) in [7, 11) is -4.16. The lowest BCUT2D eigenvalue weighted by atomic mass is 10.1. The van der Waals surface area contributed by atoms with Crippen LogP contribution in [0.3, 0.4) is 0 Å². The number of rotatable bonds is 11. The highest BCUT2D eigenvalue weighted by atomic mass is 35.5. The first-order valence-electron chi connectivity index (χ1n) is 12.3. The van der Waals surface area contributed by atoms with Gasteiger partial charge in [-0.1, -0.05) is 66.0 Å². The molecule has 0 aliphatic heterocycles. The Labute approximate surface area is 244 Å². The summed E-state index contributed by atoms with van der Waals surface area (Å²) in [6.07, 6.45) is 0.294. The van der Waals surface area contributed by atoms with Gasteiger partial charge in [0.25, 0.3) is 10.0 Å². The highest BCUT2D eigenvalue weighted by molar-refractivity contribution is 7.92. The zero-order chi connectivity index (χ0) is 28.7. The van der Waals surface area contributed by atoms with Crippen molar-refractivity contribution in [2.75, 3.05) is 10.8 Å². The molecule has 11 heteroatoms. The van der Waals surface area contributed by atoms with Crippen molar-refractivity contribution in [1.82, 2.24) is 10.2 Å². The summed E-state index contributed by atoms with van der Waals surface area (Å²) in [6.45, 7) is 4.84. The van der Waals surface area contributed by atoms with E-state index in [-0.39, 0.29) is 29.1 Å². The second-order valence-electron chi connectivity index (χ2n) is 9.15. The van der Waals surface area contributed by atoms with Gasteiger partial charge in [0.2, 0.25) is 11.8 Å². The zero-order valence-electron chi connectivity index (χ0n) is 21.8. The number of carbonyl (C=O) groups excluding carboxylic acids is 2. The average molecular weight is 611 g/mol. The number of sulfonamides is 1.